The molecule has 1 aromatic carbocycles. The molecule has 1 saturated carbocycles. The van der Waals surface area contributed by atoms with Crippen LogP contribution in [0.25, 0.3) is 11.2 Å². The predicted molar refractivity (Wildman–Crippen MR) is 129 cm³/mol. The van der Waals surface area contributed by atoms with Gasteiger partial charge in [-0.2, -0.15) is 4.98 Å². The van der Waals surface area contributed by atoms with Gasteiger partial charge >= 0.3 is 0 Å². The lowest BCUT2D eigenvalue weighted by molar-refractivity contribution is 0.0903. The van der Waals surface area contributed by atoms with Crippen molar-refractivity contribution in [1.82, 2.24) is 19.5 Å². The van der Waals surface area contributed by atoms with Crippen molar-refractivity contribution in [3.05, 3.63) is 34.7 Å². The average molecular weight is 473 g/mol. The number of nitrogens with one attached hydrogen (secondary N) is 2. The standard InChI is InChI=1S/C24H30ClFN6O/c1-14-3-5-17(6-4-14)32-22-20(13-27-23(31-22)28-16-7-9-33-10-8-16)29-24(32)30-21-18(25)11-15(2)12-19(21)26/h11-14,16-17H,3-10H2,1-2H3,(H,29,30)(H,27,28,31). The molecule has 3 heterocycles. The predicted octanol–water partition coefficient (Wildman–Crippen LogP) is 6.01. The Kier molecular flexibility index (Phi) is 6.38. The maximum absolute atomic E-state index is 14.8. The number of anilines is 3. The van der Waals surface area contributed by atoms with E-state index in [1.54, 1.807) is 12.3 Å². The van der Waals surface area contributed by atoms with E-state index in [-0.39, 0.29) is 11.7 Å². The van der Waals surface area contributed by atoms with Crippen LogP contribution in [0.5, 0.6) is 0 Å². The quantitative estimate of drug-likeness (QED) is 0.473. The lowest BCUT2D eigenvalue weighted by atomic mass is 9.87. The maximum Gasteiger partial charge on any atom is 0.224 e. The van der Waals surface area contributed by atoms with Crippen molar-refractivity contribution in [3.63, 3.8) is 0 Å². The molecular weight excluding hydrogens is 443 g/mol. The van der Waals surface area contributed by atoms with Gasteiger partial charge in [0.1, 0.15) is 11.3 Å². The van der Waals surface area contributed by atoms with Gasteiger partial charge in [0.05, 0.1) is 16.9 Å². The Balaban J connectivity index is 1.54. The largest absolute Gasteiger partial charge is 0.381 e. The van der Waals surface area contributed by atoms with Crippen LogP contribution in [0.2, 0.25) is 5.02 Å². The van der Waals surface area contributed by atoms with Crippen LogP contribution in [0.4, 0.5) is 22.0 Å². The number of ether oxygens (including phenoxy) is 1. The van der Waals surface area contributed by atoms with Gasteiger partial charge in [0.15, 0.2) is 5.65 Å². The SMILES string of the molecule is Cc1cc(F)c(Nc2nc3cnc(NC4CCOCC4)nc3n2C2CCC(C)CC2)c(Cl)c1. The topological polar surface area (TPSA) is 76.9 Å². The van der Waals surface area contributed by atoms with Gasteiger partial charge in [-0.25, -0.2) is 14.4 Å². The summed E-state index contributed by atoms with van der Waals surface area (Å²) < 4.78 is 22.3. The van der Waals surface area contributed by atoms with Gasteiger partial charge in [-0.3, -0.25) is 4.57 Å². The minimum Gasteiger partial charge on any atom is -0.381 e. The normalized spacial score (nSPS) is 21.9. The van der Waals surface area contributed by atoms with Crippen LogP contribution in [0.1, 0.15) is 57.1 Å². The van der Waals surface area contributed by atoms with Crippen molar-refractivity contribution in [3.8, 4) is 0 Å². The third kappa shape index (κ3) is 4.77. The van der Waals surface area contributed by atoms with Gasteiger partial charge in [-0.05, 0) is 69.1 Å². The van der Waals surface area contributed by atoms with Crippen LogP contribution in [-0.4, -0.2) is 38.8 Å². The molecule has 0 bridgehead atoms. The molecule has 0 amide bonds. The highest BCUT2D eigenvalue weighted by molar-refractivity contribution is 6.33. The number of rotatable bonds is 5. The first-order valence-corrected chi connectivity index (χ1v) is 12.2. The summed E-state index contributed by atoms with van der Waals surface area (Å²) in [6, 6.07) is 3.74. The monoisotopic (exact) mass is 472 g/mol. The fourth-order valence-electron chi connectivity index (χ4n) is 4.85. The molecule has 0 spiro atoms. The number of fused-ring (bicyclic) bond motifs is 1. The van der Waals surface area contributed by atoms with E-state index in [0.717, 1.165) is 62.9 Å². The molecule has 9 heteroatoms. The zero-order chi connectivity index (χ0) is 22.9. The van der Waals surface area contributed by atoms with E-state index >= 15 is 0 Å². The number of benzene rings is 1. The summed E-state index contributed by atoms with van der Waals surface area (Å²) in [5.41, 5.74) is 2.44. The Morgan fingerprint density at radius 2 is 1.85 bits per heavy atom. The Morgan fingerprint density at radius 1 is 1.09 bits per heavy atom. The van der Waals surface area contributed by atoms with Crippen molar-refractivity contribution in [2.24, 2.45) is 5.92 Å². The van der Waals surface area contributed by atoms with Crippen molar-refractivity contribution in [2.75, 3.05) is 23.8 Å². The molecule has 0 radical (unpaired) electrons. The number of imidazole rings is 1. The number of hydrogen-bond donors (Lipinski definition) is 2. The summed E-state index contributed by atoms with van der Waals surface area (Å²) in [5.74, 6) is 1.44. The summed E-state index contributed by atoms with van der Waals surface area (Å²) in [5, 5.41) is 6.95. The highest BCUT2D eigenvalue weighted by Crippen LogP contribution is 2.38. The van der Waals surface area contributed by atoms with Crippen LogP contribution in [0, 0.1) is 18.7 Å². The first-order chi connectivity index (χ1) is 16.0. The van der Waals surface area contributed by atoms with Gasteiger partial charge in [0.25, 0.3) is 0 Å². The summed E-state index contributed by atoms with van der Waals surface area (Å²) in [4.78, 5) is 14.1. The molecule has 2 aromatic heterocycles. The molecule has 0 atom stereocenters. The van der Waals surface area contributed by atoms with Crippen molar-refractivity contribution < 1.29 is 9.13 Å². The Bertz CT molecular complexity index is 1110. The first kappa shape index (κ1) is 22.3. The second-order valence-corrected chi connectivity index (χ2v) is 9.79. The van der Waals surface area contributed by atoms with Crippen molar-refractivity contribution in [1.29, 1.82) is 0 Å². The molecule has 1 aliphatic heterocycles. The summed E-state index contributed by atoms with van der Waals surface area (Å²) in [7, 11) is 0. The molecule has 0 unspecified atom stereocenters. The zero-order valence-corrected chi connectivity index (χ0v) is 19.8. The molecule has 1 saturated heterocycles. The highest BCUT2D eigenvalue weighted by Gasteiger charge is 2.26. The molecule has 176 valence electrons. The van der Waals surface area contributed by atoms with Crippen molar-refractivity contribution in [2.45, 2.75) is 64.5 Å². The van der Waals surface area contributed by atoms with E-state index in [1.165, 1.54) is 6.07 Å². The fraction of sp³-hybridized carbons (Fsp3) is 0.542. The molecular formula is C24H30ClFN6O. The van der Waals surface area contributed by atoms with Crippen molar-refractivity contribution >= 4 is 40.3 Å². The molecule has 5 rings (SSSR count). The second-order valence-electron chi connectivity index (χ2n) is 9.38. The maximum atomic E-state index is 14.8. The Labute approximate surface area is 198 Å². The zero-order valence-electron chi connectivity index (χ0n) is 19.1. The fourth-order valence-corrected chi connectivity index (χ4v) is 5.16. The van der Waals surface area contributed by atoms with Crippen LogP contribution in [0.15, 0.2) is 18.3 Å². The smallest absolute Gasteiger partial charge is 0.224 e. The van der Waals surface area contributed by atoms with Crippen LogP contribution in [-0.2, 0) is 4.74 Å². The van der Waals surface area contributed by atoms with E-state index in [9.17, 15) is 4.39 Å². The molecule has 33 heavy (non-hydrogen) atoms. The van der Waals surface area contributed by atoms with Gasteiger partial charge in [0, 0.05) is 25.3 Å². The lowest BCUT2D eigenvalue weighted by Gasteiger charge is -2.29. The second kappa shape index (κ2) is 9.43. The number of hydrogen-bond acceptors (Lipinski definition) is 6. The van der Waals surface area contributed by atoms with Gasteiger partial charge in [-0.15, -0.1) is 0 Å². The molecule has 2 aliphatic rings. The van der Waals surface area contributed by atoms with Gasteiger partial charge in [0.2, 0.25) is 11.9 Å². The van der Waals surface area contributed by atoms with Crippen LogP contribution in [0.3, 0.4) is 0 Å². The van der Waals surface area contributed by atoms with E-state index in [4.69, 9.17) is 26.3 Å². The first-order valence-electron chi connectivity index (χ1n) is 11.8. The Hall–Kier alpha value is -2.45. The third-order valence-electron chi connectivity index (χ3n) is 6.76. The number of nitrogens with zero attached hydrogens (tertiary/aromatic N) is 4. The molecule has 3 aromatic rings. The van der Waals surface area contributed by atoms with Gasteiger partial charge < -0.3 is 15.4 Å². The van der Waals surface area contributed by atoms with E-state index in [2.05, 4.69) is 27.1 Å². The van der Waals surface area contributed by atoms with E-state index in [1.807, 2.05) is 6.92 Å². The third-order valence-corrected chi connectivity index (χ3v) is 7.06. The summed E-state index contributed by atoms with van der Waals surface area (Å²) >= 11 is 6.39. The van der Waals surface area contributed by atoms with Gasteiger partial charge in [-0.1, -0.05) is 18.5 Å². The molecule has 7 nitrogen and oxygen atoms in total. The minimum atomic E-state index is -0.399. The molecule has 2 N–H and O–H groups in total. The number of aryl methyl sites for hydroxylation is 1. The Morgan fingerprint density at radius 3 is 2.58 bits per heavy atom. The highest BCUT2D eigenvalue weighted by atomic mass is 35.5. The van der Waals surface area contributed by atoms with Crippen LogP contribution >= 0.6 is 11.6 Å². The average Bonchev–Trinajstić information content (AvgIpc) is 3.15. The number of halogens is 2. The lowest BCUT2D eigenvalue weighted by Crippen LogP contribution is -2.28. The van der Waals surface area contributed by atoms with E-state index in [0.29, 0.717) is 34.4 Å². The number of aromatic nitrogens is 4. The molecule has 1 aliphatic carbocycles. The molecule has 2 fully saturated rings. The minimum absolute atomic E-state index is 0.229. The van der Waals surface area contributed by atoms with Crippen LogP contribution < -0.4 is 10.6 Å². The summed E-state index contributed by atoms with van der Waals surface area (Å²) in [6.07, 6.45) is 7.93. The summed E-state index contributed by atoms with van der Waals surface area (Å²) in [6.45, 7) is 5.60. The van der Waals surface area contributed by atoms with E-state index < -0.39 is 5.82 Å².